The zero-order chi connectivity index (χ0) is 35.8. The number of carbonyl (C=O) groups is 1. The number of hydrogen-bond acceptors (Lipinski definition) is 10. The summed E-state index contributed by atoms with van der Waals surface area (Å²) in [6.07, 6.45) is 1.64. The fourth-order valence-corrected chi connectivity index (χ4v) is 6.19. The quantitative estimate of drug-likeness (QED) is 0.141. The molecule has 1 N–H and O–H groups in total. The minimum absolute atomic E-state index is 0.152. The van der Waals surface area contributed by atoms with Gasteiger partial charge in [-0.15, -0.1) is 0 Å². The molecular formula is C37H44ClFN6O5. The highest BCUT2D eigenvalue weighted by Gasteiger charge is 2.26. The Bertz CT molecular complexity index is 1780. The summed E-state index contributed by atoms with van der Waals surface area (Å²) < 4.78 is 37.6. The van der Waals surface area contributed by atoms with Crippen molar-refractivity contribution in [1.29, 1.82) is 0 Å². The SMILES string of the molecule is COc1cc(Nc2nccc(N(C(=O)OCc3cc(Cl)ccc3F)c3c(C)cc(C)cc3C)n2)cc(OCCCN2CCN(C)CC2)c1OC. The van der Waals surface area contributed by atoms with Crippen LogP contribution in [0.2, 0.25) is 5.02 Å². The summed E-state index contributed by atoms with van der Waals surface area (Å²) in [4.78, 5) is 29.1. The van der Waals surface area contributed by atoms with Gasteiger partial charge >= 0.3 is 6.09 Å². The summed E-state index contributed by atoms with van der Waals surface area (Å²) in [5, 5.41) is 3.55. The molecule has 266 valence electrons. The lowest BCUT2D eigenvalue weighted by Gasteiger charge is -2.32. The summed E-state index contributed by atoms with van der Waals surface area (Å²) in [6, 6.07) is 13.2. The van der Waals surface area contributed by atoms with Crippen molar-refractivity contribution in [1.82, 2.24) is 19.8 Å². The second kappa shape index (κ2) is 16.8. The van der Waals surface area contributed by atoms with Gasteiger partial charge in [0.1, 0.15) is 18.2 Å². The highest BCUT2D eigenvalue weighted by atomic mass is 35.5. The first-order chi connectivity index (χ1) is 24.1. The van der Waals surface area contributed by atoms with Gasteiger partial charge in [-0.3, -0.25) is 0 Å². The average molecular weight is 707 g/mol. The van der Waals surface area contributed by atoms with E-state index in [1.165, 1.54) is 29.3 Å². The van der Waals surface area contributed by atoms with Crippen LogP contribution < -0.4 is 24.4 Å². The van der Waals surface area contributed by atoms with E-state index in [9.17, 15) is 9.18 Å². The summed E-state index contributed by atoms with van der Waals surface area (Å²) in [5.41, 5.74) is 4.02. The number of aromatic nitrogens is 2. The highest BCUT2D eigenvalue weighted by Crippen LogP contribution is 2.41. The van der Waals surface area contributed by atoms with Crippen molar-refractivity contribution in [3.8, 4) is 17.2 Å². The van der Waals surface area contributed by atoms with Gasteiger partial charge in [0.15, 0.2) is 11.5 Å². The van der Waals surface area contributed by atoms with Crippen LogP contribution in [0.15, 0.2) is 54.7 Å². The smallest absolute Gasteiger partial charge is 0.420 e. The van der Waals surface area contributed by atoms with Crippen molar-refractivity contribution >= 4 is 40.8 Å². The maximum atomic E-state index is 14.5. The number of nitrogens with zero attached hydrogens (tertiary/aromatic N) is 5. The molecule has 50 heavy (non-hydrogen) atoms. The van der Waals surface area contributed by atoms with Crippen LogP contribution in [-0.4, -0.2) is 86.5 Å². The number of anilines is 4. The van der Waals surface area contributed by atoms with Crippen molar-refractivity contribution in [2.45, 2.75) is 33.8 Å². The molecule has 0 bridgehead atoms. The number of rotatable bonds is 13. The molecule has 2 heterocycles. The third-order valence-electron chi connectivity index (χ3n) is 8.44. The van der Waals surface area contributed by atoms with E-state index < -0.39 is 11.9 Å². The Morgan fingerprint density at radius 1 is 0.980 bits per heavy atom. The molecule has 1 saturated heterocycles. The third-order valence-corrected chi connectivity index (χ3v) is 8.68. The molecule has 1 aromatic heterocycles. The molecule has 0 atom stereocenters. The third kappa shape index (κ3) is 9.12. The molecule has 13 heteroatoms. The summed E-state index contributed by atoms with van der Waals surface area (Å²) in [5.74, 6) is 1.37. The topological polar surface area (TPSA) is 102 Å². The lowest BCUT2D eigenvalue weighted by Crippen LogP contribution is -2.44. The Kier molecular flexibility index (Phi) is 12.3. The molecule has 1 amide bonds. The van der Waals surface area contributed by atoms with E-state index in [0.717, 1.165) is 55.8 Å². The van der Waals surface area contributed by atoms with E-state index in [4.69, 9.17) is 35.5 Å². The Hall–Kier alpha value is -4.65. The number of halogens is 2. The molecule has 4 aromatic rings. The number of carbonyl (C=O) groups excluding carboxylic acids is 1. The van der Waals surface area contributed by atoms with Gasteiger partial charge in [-0.25, -0.2) is 19.1 Å². The zero-order valence-electron chi connectivity index (χ0n) is 29.4. The van der Waals surface area contributed by atoms with Gasteiger partial charge in [-0.2, -0.15) is 4.98 Å². The minimum atomic E-state index is -0.748. The summed E-state index contributed by atoms with van der Waals surface area (Å²) >= 11 is 6.07. The van der Waals surface area contributed by atoms with Crippen molar-refractivity contribution in [2.75, 3.05) is 70.8 Å². The number of likely N-dealkylation sites (N-methyl/N-ethyl adjacent to an activating group) is 1. The van der Waals surface area contributed by atoms with Crippen molar-refractivity contribution in [2.24, 2.45) is 0 Å². The van der Waals surface area contributed by atoms with Crippen molar-refractivity contribution in [3.05, 3.63) is 87.8 Å². The maximum absolute atomic E-state index is 14.5. The molecule has 0 radical (unpaired) electrons. The Balaban J connectivity index is 1.39. The standard InChI is InChI=1S/C37H44ClFN6O5/c1-24-18-25(2)34(26(3)19-24)45(37(46)50-23-27-20-28(38)8-9-30(27)39)33-10-11-40-36(42-33)41-29-21-31(47-5)35(48-6)32(22-29)49-17-7-12-44-15-13-43(4)14-16-44/h8-11,18-22H,7,12-17,23H2,1-6H3,(H,40,41,42). The lowest BCUT2D eigenvalue weighted by atomic mass is 10.0. The average Bonchev–Trinajstić information content (AvgIpc) is 3.09. The molecule has 0 saturated carbocycles. The predicted molar refractivity (Wildman–Crippen MR) is 193 cm³/mol. The number of hydrogen-bond donors (Lipinski definition) is 1. The highest BCUT2D eigenvalue weighted by molar-refractivity contribution is 6.30. The van der Waals surface area contributed by atoms with Crippen LogP contribution in [0, 0.1) is 26.6 Å². The zero-order valence-corrected chi connectivity index (χ0v) is 30.1. The fourth-order valence-electron chi connectivity index (χ4n) is 6.00. The Labute approximate surface area is 297 Å². The van der Waals surface area contributed by atoms with E-state index in [1.54, 1.807) is 32.4 Å². The van der Waals surface area contributed by atoms with Gasteiger partial charge < -0.3 is 34.1 Å². The predicted octanol–water partition coefficient (Wildman–Crippen LogP) is 7.45. The first kappa shape index (κ1) is 36.6. The number of benzene rings is 3. The largest absolute Gasteiger partial charge is 0.493 e. The van der Waals surface area contributed by atoms with E-state index in [-0.39, 0.29) is 23.9 Å². The first-order valence-electron chi connectivity index (χ1n) is 16.4. The van der Waals surface area contributed by atoms with Crippen LogP contribution in [0.5, 0.6) is 17.2 Å². The Morgan fingerprint density at radius 3 is 2.40 bits per heavy atom. The molecule has 0 unspecified atom stereocenters. The van der Waals surface area contributed by atoms with Crippen molar-refractivity contribution < 1.29 is 28.1 Å². The van der Waals surface area contributed by atoms with Gasteiger partial charge in [-0.05, 0) is 63.6 Å². The van der Waals surface area contributed by atoms with Gasteiger partial charge in [0.2, 0.25) is 11.7 Å². The molecule has 1 fully saturated rings. The molecule has 1 aliphatic heterocycles. The second-order valence-corrected chi connectivity index (χ2v) is 12.7. The molecule has 3 aromatic carbocycles. The van der Waals surface area contributed by atoms with Crippen LogP contribution >= 0.6 is 11.6 Å². The van der Waals surface area contributed by atoms with Crippen LogP contribution in [0.3, 0.4) is 0 Å². The van der Waals surface area contributed by atoms with Gasteiger partial charge in [0.25, 0.3) is 0 Å². The fraction of sp³-hybridized carbons (Fsp3) is 0.378. The second-order valence-electron chi connectivity index (χ2n) is 12.3. The molecule has 1 aliphatic rings. The number of ether oxygens (including phenoxy) is 4. The van der Waals surface area contributed by atoms with Crippen LogP contribution in [0.25, 0.3) is 0 Å². The first-order valence-corrected chi connectivity index (χ1v) is 16.8. The van der Waals surface area contributed by atoms with E-state index in [0.29, 0.717) is 40.3 Å². The number of amides is 1. The molecule has 0 spiro atoms. The van der Waals surface area contributed by atoms with E-state index in [2.05, 4.69) is 27.1 Å². The minimum Gasteiger partial charge on any atom is -0.493 e. The maximum Gasteiger partial charge on any atom is 0.420 e. The lowest BCUT2D eigenvalue weighted by molar-refractivity contribution is 0.145. The number of piperazine rings is 1. The number of nitrogens with one attached hydrogen (secondary N) is 1. The van der Waals surface area contributed by atoms with Crippen molar-refractivity contribution in [3.63, 3.8) is 0 Å². The summed E-state index contributed by atoms with van der Waals surface area (Å²) in [7, 11) is 5.27. The molecule has 11 nitrogen and oxygen atoms in total. The molecular weight excluding hydrogens is 663 g/mol. The Morgan fingerprint density at radius 2 is 1.70 bits per heavy atom. The van der Waals surface area contributed by atoms with Gasteiger partial charge in [0, 0.05) is 73.4 Å². The molecule has 5 rings (SSSR count). The van der Waals surface area contributed by atoms with Gasteiger partial charge in [-0.1, -0.05) is 29.3 Å². The van der Waals surface area contributed by atoms with Crippen LogP contribution in [0.4, 0.5) is 32.3 Å². The van der Waals surface area contributed by atoms with Crippen LogP contribution in [0.1, 0.15) is 28.7 Å². The number of aryl methyl sites for hydroxylation is 3. The monoisotopic (exact) mass is 706 g/mol. The number of methoxy groups -OCH3 is 2. The molecule has 0 aliphatic carbocycles. The van der Waals surface area contributed by atoms with Crippen LogP contribution in [-0.2, 0) is 11.3 Å². The van der Waals surface area contributed by atoms with E-state index in [1.807, 2.05) is 32.9 Å². The summed E-state index contributed by atoms with van der Waals surface area (Å²) in [6.45, 7) is 11.1. The van der Waals surface area contributed by atoms with E-state index >= 15 is 0 Å². The normalized spacial score (nSPS) is 13.5. The van der Waals surface area contributed by atoms with Gasteiger partial charge in [0.05, 0.1) is 26.5 Å².